The number of carboxylic acid groups (broad SMARTS) is 1. The number of carbonyl (C=O) groups excluding carboxylic acids is 1. The van der Waals surface area contributed by atoms with Gasteiger partial charge in [0.1, 0.15) is 23.2 Å². The molecule has 2 aliphatic rings. The summed E-state index contributed by atoms with van der Waals surface area (Å²) in [4.78, 5) is 24.1. The number of primary amides is 1. The van der Waals surface area contributed by atoms with Crippen LogP contribution in [0.3, 0.4) is 0 Å². The highest BCUT2D eigenvalue weighted by molar-refractivity contribution is 6.44. The molecular formula is C15H19BN2O7. The second kappa shape index (κ2) is 6.55. The van der Waals surface area contributed by atoms with Crippen molar-refractivity contribution in [1.29, 1.82) is 0 Å². The van der Waals surface area contributed by atoms with Gasteiger partial charge >= 0.3 is 13.1 Å². The lowest BCUT2D eigenvalue weighted by atomic mass is 9.81. The Hall–Kier alpha value is -2.30. The number of likely N-dealkylation sites (tertiary alicyclic amines) is 1. The van der Waals surface area contributed by atoms with Crippen LogP contribution in [-0.2, 0) is 4.79 Å². The number of rotatable bonds is 7. The van der Waals surface area contributed by atoms with Crippen LogP contribution < -0.4 is 10.5 Å². The molecule has 1 aliphatic carbocycles. The molecule has 1 heterocycles. The lowest BCUT2D eigenvalue weighted by Crippen LogP contribution is -2.56. The molecule has 1 aliphatic heterocycles. The van der Waals surface area contributed by atoms with Crippen molar-refractivity contribution in [2.75, 3.05) is 19.6 Å². The summed E-state index contributed by atoms with van der Waals surface area (Å²) in [7, 11) is -1.50. The van der Waals surface area contributed by atoms with E-state index in [1.54, 1.807) is 11.0 Å². The number of amides is 1. The first kappa shape index (κ1) is 17.5. The Labute approximate surface area is 143 Å². The first-order chi connectivity index (χ1) is 11.8. The van der Waals surface area contributed by atoms with E-state index in [4.69, 9.17) is 10.5 Å². The number of ether oxygens (including phenoxy) is 1. The molecule has 0 aromatic heterocycles. The van der Waals surface area contributed by atoms with E-state index in [2.05, 4.69) is 0 Å². The number of phenols is 1. The minimum Gasteiger partial charge on any atom is -0.507 e. The SMILES string of the molecule is NC(=O)CN1CC(Oc2ccc([C@@H]3C[C@@H]3B(O)O)c(O)c2C(=O)O)C1. The third-order valence-corrected chi connectivity index (χ3v) is 4.60. The van der Waals surface area contributed by atoms with E-state index in [9.17, 15) is 29.9 Å². The Morgan fingerprint density at radius 2 is 2.00 bits per heavy atom. The zero-order chi connectivity index (χ0) is 18.3. The normalized spacial score (nSPS) is 23.0. The minimum absolute atomic E-state index is 0.0409. The van der Waals surface area contributed by atoms with Gasteiger partial charge in [-0.25, -0.2) is 4.79 Å². The number of nitrogens with zero attached hydrogens (tertiary/aromatic N) is 1. The number of benzene rings is 1. The van der Waals surface area contributed by atoms with E-state index >= 15 is 0 Å². The fourth-order valence-corrected chi connectivity index (χ4v) is 3.22. The highest BCUT2D eigenvalue weighted by atomic mass is 16.5. The molecular weight excluding hydrogens is 331 g/mol. The zero-order valence-corrected chi connectivity index (χ0v) is 13.3. The van der Waals surface area contributed by atoms with Crippen molar-refractivity contribution in [3.63, 3.8) is 0 Å². The first-order valence-corrected chi connectivity index (χ1v) is 7.90. The predicted octanol–water partition coefficient (Wildman–Crippen LogP) is -1.03. The highest BCUT2D eigenvalue weighted by Crippen LogP contribution is 2.56. The molecule has 25 heavy (non-hydrogen) atoms. The summed E-state index contributed by atoms with van der Waals surface area (Å²) < 4.78 is 5.63. The molecule has 134 valence electrons. The van der Waals surface area contributed by atoms with Crippen LogP contribution in [0.4, 0.5) is 0 Å². The fourth-order valence-electron chi connectivity index (χ4n) is 3.22. The van der Waals surface area contributed by atoms with Crippen LogP contribution in [0.2, 0.25) is 5.82 Å². The molecule has 2 atom stereocenters. The van der Waals surface area contributed by atoms with Gasteiger partial charge in [-0.15, -0.1) is 0 Å². The van der Waals surface area contributed by atoms with E-state index in [0.717, 1.165) is 0 Å². The fraction of sp³-hybridized carbons (Fsp3) is 0.467. The number of carboxylic acids is 1. The van der Waals surface area contributed by atoms with Crippen molar-refractivity contribution >= 4 is 19.0 Å². The van der Waals surface area contributed by atoms with Crippen molar-refractivity contribution in [2.24, 2.45) is 5.73 Å². The van der Waals surface area contributed by atoms with E-state index in [1.165, 1.54) is 6.07 Å². The van der Waals surface area contributed by atoms with E-state index in [1.807, 2.05) is 0 Å². The summed E-state index contributed by atoms with van der Waals surface area (Å²) in [6.45, 7) is 0.986. The molecule has 2 fully saturated rings. The quantitative estimate of drug-likeness (QED) is 0.391. The molecule has 1 saturated heterocycles. The molecule has 1 amide bonds. The highest BCUT2D eigenvalue weighted by Gasteiger charge is 2.48. The molecule has 1 aromatic carbocycles. The maximum atomic E-state index is 11.5. The summed E-state index contributed by atoms with van der Waals surface area (Å²) in [6.07, 6.45) is 0.172. The van der Waals surface area contributed by atoms with Gasteiger partial charge < -0.3 is 30.7 Å². The second-order valence-corrected chi connectivity index (χ2v) is 6.50. The minimum atomic E-state index is -1.50. The molecule has 0 unspecified atom stereocenters. The van der Waals surface area contributed by atoms with Crippen LogP contribution in [0.25, 0.3) is 0 Å². The molecule has 0 radical (unpaired) electrons. The summed E-state index contributed by atoms with van der Waals surface area (Å²) in [6, 6.07) is 3.01. The molecule has 0 spiro atoms. The van der Waals surface area contributed by atoms with Gasteiger partial charge in [0.2, 0.25) is 5.91 Å². The predicted molar refractivity (Wildman–Crippen MR) is 86.4 cm³/mol. The van der Waals surface area contributed by atoms with Gasteiger partial charge in [0.25, 0.3) is 0 Å². The van der Waals surface area contributed by atoms with E-state index in [0.29, 0.717) is 25.1 Å². The number of aromatic carboxylic acids is 1. The monoisotopic (exact) mass is 350 g/mol. The Morgan fingerprint density at radius 3 is 2.52 bits per heavy atom. The maximum Gasteiger partial charge on any atom is 0.455 e. The Balaban J connectivity index is 1.74. The Kier molecular flexibility index (Phi) is 4.59. The average Bonchev–Trinajstić information content (AvgIpc) is 3.24. The van der Waals surface area contributed by atoms with Crippen LogP contribution in [0.5, 0.6) is 11.5 Å². The van der Waals surface area contributed by atoms with Gasteiger partial charge in [0.15, 0.2) is 0 Å². The molecule has 0 bridgehead atoms. The Bertz CT molecular complexity index is 705. The van der Waals surface area contributed by atoms with E-state index < -0.39 is 30.6 Å². The molecule has 9 nitrogen and oxygen atoms in total. The average molecular weight is 350 g/mol. The molecule has 10 heteroatoms. The summed E-state index contributed by atoms with van der Waals surface area (Å²) >= 11 is 0. The maximum absolute atomic E-state index is 11.5. The number of hydrogen-bond donors (Lipinski definition) is 5. The first-order valence-electron chi connectivity index (χ1n) is 7.90. The number of carbonyl (C=O) groups is 2. The third-order valence-electron chi connectivity index (χ3n) is 4.60. The molecule has 1 saturated carbocycles. The Morgan fingerprint density at radius 1 is 1.32 bits per heavy atom. The summed E-state index contributed by atoms with van der Waals surface area (Å²) in [5.74, 6) is -2.85. The zero-order valence-electron chi connectivity index (χ0n) is 13.3. The van der Waals surface area contributed by atoms with Gasteiger partial charge in [-0.05, 0) is 24.0 Å². The van der Waals surface area contributed by atoms with Crippen molar-refractivity contribution < 1.29 is 34.6 Å². The molecule has 1 aromatic rings. The van der Waals surface area contributed by atoms with Gasteiger partial charge in [-0.2, -0.15) is 0 Å². The van der Waals surface area contributed by atoms with Gasteiger partial charge in [-0.3, -0.25) is 9.69 Å². The number of aromatic hydroxyl groups is 1. The van der Waals surface area contributed by atoms with Gasteiger partial charge in [0, 0.05) is 18.9 Å². The lowest BCUT2D eigenvalue weighted by Gasteiger charge is -2.38. The largest absolute Gasteiger partial charge is 0.507 e. The second-order valence-electron chi connectivity index (χ2n) is 6.50. The van der Waals surface area contributed by atoms with Crippen molar-refractivity contribution in [1.82, 2.24) is 4.90 Å². The van der Waals surface area contributed by atoms with Gasteiger partial charge in [0.05, 0.1) is 6.54 Å². The number of hydrogen-bond acceptors (Lipinski definition) is 7. The van der Waals surface area contributed by atoms with Crippen LogP contribution in [0.1, 0.15) is 28.3 Å². The molecule has 6 N–H and O–H groups in total. The van der Waals surface area contributed by atoms with Gasteiger partial charge in [-0.1, -0.05) is 6.07 Å². The van der Waals surface area contributed by atoms with Crippen LogP contribution in [0, 0.1) is 0 Å². The van der Waals surface area contributed by atoms with Crippen LogP contribution in [-0.4, -0.2) is 69.9 Å². The van der Waals surface area contributed by atoms with Crippen molar-refractivity contribution in [3.05, 3.63) is 23.3 Å². The van der Waals surface area contributed by atoms with Crippen LogP contribution >= 0.6 is 0 Å². The summed E-state index contributed by atoms with van der Waals surface area (Å²) in [5, 5.41) is 38.1. The lowest BCUT2D eigenvalue weighted by molar-refractivity contribution is -0.121. The molecule has 3 rings (SSSR count). The topological polar surface area (TPSA) is 154 Å². The number of nitrogens with two attached hydrogens (primary N) is 1. The summed E-state index contributed by atoms with van der Waals surface area (Å²) in [5.41, 5.74) is 5.12. The van der Waals surface area contributed by atoms with E-state index in [-0.39, 0.29) is 29.9 Å². The third kappa shape index (κ3) is 3.55. The smallest absolute Gasteiger partial charge is 0.455 e. The van der Waals surface area contributed by atoms with Crippen molar-refractivity contribution in [2.45, 2.75) is 24.3 Å². The van der Waals surface area contributed by atoms with Crippen molar-refractivity contribution in [3.8, 4) is 11.5 Å². The van der Waals surface area contributed by atoms with Crippen LogP contribution in [0.15, 0.2) is 12.1 Å². The standard InChI is InChI=1S/C15H19BN2O7/c17-12(19)6-18-4-7(5-18)25-11-2-1-8(9-3-10(9)16(23)24)14(20)13(11)15(21)22/h1-2,7,9-10,20,23-24H,3-6H2,(H2,17,19)(H,21,22)/t9-,10-/m0/s1.